The maximum atomic E-state index is 13.8. The number of aliphatic hydroxyl groups excluding tert-OH is 1. The van der Waals surface area contributed by atoms with Gasteiger partial charge < -0.3 is 14.7 Å². The van der Waals surface area contributed by atoms with Gasteiger partial charge in [0.25, 0.3) is 0 Å². The van der Waals surface area contributed by atoms with Crippen LogP contribution >= 0.6 is 0 Å². The largest absolute Gasteiger partial charge is 0.493 e. The molecule has 3 unspecified atom stereocenters. The average Bonchev–Trinajstić information content (AvgIpc) is 3.26. The summed E-state index contributed by atoms with van der Waals surface area (Å²) in [7, 11) is -0.478. The van der Waals surface area contributed by atoms with E-state index in [4.69, 9.17) is 4.74 Å². The van der Waals surface area contributed by atoms with Gasteiger partial charge >= 0.3 is 0 Å². The van der Waals surface area contributed by atoms with Crippen molar-refractivity contribution in [1.82, 2.24) is 14.5 Å². The Morgan fingerprint density at radius 3 is 2.67 bits per heavy atom. The summed E-state index contributed by atoms with van der Waals surface area (Å²) in [5.74, 6) is -0.0322. The molecule has 2 aromatic rings. The van der Waals surface area contributed by atoms with E-state index < -0.39 is 15.9 Å². The second-order valence-corrected chi connectivity index (χ2v) is 10.6. The number of aliphatic hydroxyl groups is 1. The monoisotopic (exact) mass is 473 g/mol. The van der Waals surface area contributed by atoms with Gasteiger partial charge in [-0.25, -0.2) is 13.1 Å². The minimum absolute atomic E-state index is 0.0767. The van der Waals surface area contributed by atoms with Gasteiger partial charge in [0, 0.05) is 32.2 Å². The summed E-state index contributed by atoms with van der Waals surface area (Å²) in [6.45, 7) is 2.39. The van der Waals surface area contributed by atoms with Gasteiger partial charge in [0.05, 0.1) is 29.6 Å². The van der Waals surface area contributed by atoms with Crippen LogP contribution in [0.4, 0.5) is 0 Å². The van der Waals surface area contributed by atoms with Gasteiger partial charge in [-0.2, -0.15) is 0 Å². The topological polar surface area (TPSA) is 99.2 Å². The molecule has 0 radical (unpaired) electrons. The van der Waals surface area contributed by atoms with Crippen LogP contribution in [0.3, 0.4) is 0 Å². The Kier molecular flexibility index (Phi) is 7.04. The third-order valence-corrected chi connectivity index (χ3v) is 7.99. The van der Waals surface area contributed by atoms with Crippen molar-refractivity contribution in [2.24, 2.45) is 0 Å². The van der Waals surface area contributed by atoms with Crippen molar-refractivity contribution in [2.45, 2.75) is 35.8 Å². The van der Waals surface area contributed by atoms with Crippen LogP contribution in [-0.2, 0) is 14.8 Å². The Hall–Kier alpha value is -2.46. The summed E-state index contributed by atoms with van der Waals surface area (Å²) >= 11 is 0. The van der Waals surface area contributed by atoms with E-state index in [0.717, 1.165) is 18.5 Å². The number of fused-ring (bicyclic) bond motifs is 1. The Labute approximate surface area is 195 Å². The number of β-amino-alcohol motifs (C(OH)–C–C–N with tert-alkyl or cyclic N) is 1. The van der Waals surface area contributed by atoms with Gasteiger partial charge in [-0.1, -0.05) is 30.3 Å². The standard InChI is InChI=1S/C24H31N3O5S/c1-25-33(30,31)19-8-9-23-21(14-19)20(11-13-32-23)24(29)26(2)22(17-6-4-3-5-7-17)16-27-12-10-18(28)15-27/h3-9,14,18,20,22,25,28H,10-13,15-16H2,1-2H3. The normalized spacial score (nSPS) is 21.8. The number of hydrogen-bond acceptors (Lipinski definition) is 6. The first kappa shape index (κ1) is 23.7. The van der Waals surface area contributed by atoms with Gasteiger partial charge in [0.2, 0.25) is 15.9 Å². The number of nitrogens with one attached hydrogen (secondary N) is 1. The second kappa shape index (κ2) is 9.80. The number of hydrogen-bond donors (Lipinski definition) is 2. The van der Waals surface area contributed by atoms with E-state index in [9.17, 15) is 18.3 Å². The SMILES string of the molecule is CNS(=O)(=O)c1ccc2c(c1)C(C(=O)N(C)C(CN1CCC(O)C1)c1ccccc1)CCO2. The minimum Gasteiger partial charge on any atom is -0.493 e. The van der Waals surface area contributed by atoms with E-state index in [1.807, 2.05) is 30.3 Å². The van der Waals surface area contributed by atoms with Crippen LogP contribution in [0.15, 0.2) is 53.4 Å². The summed E-state index contributed by atoms with van der Waals surface area (Å²) in [6.07, 6.45) is 0.871. The molecule has 2 N–H and O–H groups in total. The molecule has 3 atom stereocenters. The predicted octanol–water partition coefficient (Wildman–Crippen LogP) is 1.73. The first-order valence-corrected chi connectivity index (χ1v) is 12.7. The zero-order valence-electron chi connectivity index (χ0n) is 19.0. The van der Waals surface area contributed by atoms with Crippen molar-refractivity contribution in [1.29, 1.82) is 0 Å². The Morgan fingerprint density at radius 2 is 2.00 bits per heavy atom. The minimum atomic E-state index is -3.64. The fraction of sp³-hybridized carbons (Fsp3) is 0.458. The molecule has 33 heavy (non-hydrogen) atoms. The smallest absolute Gasteiger partial charge is 0.240 e. The number of benzene rings is 2. The summed E-state index contributed by atoms with van der Waals surface area (Å²) in [5, 5.41) is 9.97. The zero-order chi connectivity index (χ0) is 23.6. The molecule has 8 nitrogen and oxygen atoms in total. The number of nitrogens with zero attached hydrogens (tertiary/aromatic N) is 2. The van der Waals surface area contributed by atoms with Crippen LogP contribution in [-0.4, -0.2) is 75.7 Å². The van der Waals surface area contributed by atoms with Crippen LogP contribution in [0, 0.1) is 0 Å². The van der Waals surface area contributed by atoms with E-state index >= 15 is 0 Å². The maximum absolute atomic E-state index is 13.8. The molecule has 0 aliphatic carbocycles. The maximum Gasteiger partial charge on any atom is 0.240 e. The molecular formula is C24H31N3O5S. The molecule has 1 fully saturated rings. The summed E-state index contributed by atoms with van der Waals surface area (Å²) in [4.78, 5) is 17.8. The fourth-order valence-corrected chi connectivity index (χ4v) is 5.43. The third kappa shape index (κ3) is 5.06. The van der Waals surface area contributed by atoms with Crippen molar-refractivity contribution in [2.75, 3.05) is 40.3 Å². The lowest BCUT2D eigenvalue weighted by Crippen LogP contribution is -2.41. The highest BCUT2D eigenvalue weighted by Crippen LogP contribution is 2.38. The lowest BCUT2D eigenvalue weighted by Gasteiger charge is -2.36. The molecule has 2 aromatic carbocycles. The molecule has 2 aliphatic heterocycles. The summed E-state index contributed by atoms with van der Waals surface area (Å²) in [6, 6.07) is 14.3. The lowest BCUT2D eigenvalue weighted by atomic mass is 9.91. The Bertz CT molecular complexity index is 1090. The van der Waals surface area contributed by atoms with Crippen LogP contribution in [0.5, 0.6) is 5.75 Å². The van der Waals surface area contributed by atoms with E-state index in [1.54, 1.807) is 24.1 Å². The van der Waals surface area contributed by atoms with Crippen LogP contribution < -0.4 is 9.46 Å². The number of amides is 1. The molecule has 1 saturated heterocycles. The highest BCUT2D eigenvalue weighted by molar-refractivity contribution is 7.89. The second-order valence-electron chi connectivity index (χ2n) is 8.67. The first-order chi connectivity index (χ1) is 15.8. The van der Waals surface area contributed by atoms with Gasteiger partial charge in [0.15, 0.2) is 0 Å². The van der Waals surface area contributed by atoms with E-state index in [1.165, 1.54) is 13.1 Å². The molecule has 1 amide bonds. The number of likely N-dealkylation sites (tertiary alicyclic amines) is 1. The number of likely N-dealkylation sites (N-methyl/N-ethyl adjacent to an activating group) is 1. The molecular weight excluding hydrogens is 442 g/mol. The Balaban J connectivity index is 1.64. The molecule has 2 aliphatic rings. The number of ether oxygens (including phenoxy) is 1. The number of sulfonamides is 1. The van der Waals surface area contributed by atoms with Gasteiger partial charge in [-0.3, -0.25) is 9.69 Å². The van der Waals surface area contributed by atoms with Gasteiger partial charge in [-0.05, 0) is 43.7 Å². The third-order valence-electron chi connectivity index (χ3n) is 6.58. The highest BCUT2D eigenvalue weighted by atomic mass is 32.2. The van der Waals surface area contributed by atoms with Crippen LogP contribution in [0.2, 0.25) is 0 Å². The van der Waals surface area contributed by atoms with E-state index in [2.05, 4.69) is 9.62 Å². The quantitative estimate of drug-likeness (QED) is 0.636. The van der Waals surface area contributed by atoms with Crippen molar-refractivity contribution >= 4 is 15.9 Å². The number of rotatable bonds is 7. The molecule has 0 saturated carbocycles. The van der Waals surface area contributed by atoms with Crippen molar-refractivity contribution in [3.05, 3.63) is 59.7 Å². The van der Waals surface area contributed by atoms with Crippen molar-refractivity contribution in [3.8, 4) is 5.75 Å². The summed E-state index contributed by atoms with van der Waals surface area (Å²) in [5.41, 5.74) is 1.62. The molecule has 9 heteroatoms. The fourth-order valence-electron chi connectivity index (χ4n) is 4.66. The molecule has 0 spiro atoms. The van der Waals surface area contributed by atoms with E-state index in [-0.39, 0.29) is 22.9 Å². The zero-order valence-corrected chi connectivity index (χ0v) is 19.8. The average molecular weight is 474 g/mol. The van der Waals surface area contributed by atoms with Crippen LogP contribution in [0.25, 0.3) is 0 Å². The predicted molar refractivity (Wildman–Crippen MR) is 125 cm³/mol. The van der Waals surface area contributed by atoms with E-state index in [0.29, 0.717) is 37.4 Å². The van der Waals surface area contributed by atoms with Gasteiger partial charge in [-0.15, -0.1) is 0 Å². The molecule has 2 heterocycles. The van der Waals surface area contributed by atoms with Crippen LogP contribution in [0.1, 0.15) is 35.9 Å². The van der Waals surface area contributed by atoms with Crippen molar-refractivity contribution in [3.63, 3.8) is 0 Å². The molecule has 0 aromatic heterocycles. The van der Waals surface area contributed by atoms with Crippen molar-refractivity contribution < 1.29 is 23.1 Å². The van der Waals surface area contributed by atoms with Gasteiger partial charge in [0.1, 0.15) is 5.75 Å². The first-order valence-electron chi connectivity index (χ1n) is 11.2. The molecule has 0 bridgehead atoms. The lowest BCUT2D eigenvalue weighted by molar-refractivity contribution is -0.134. The Morgan fingerprint density at radius 1 is 1.24 bits per heavy atom. The highest BCUT2D eigenvalue weighted by Gasteiger charge is 2.35. The molecule has 178 valence electrons. The number of carbonyl (C=O) groups excluding carboxylic acids is 1. The number of carbonyl (C=O) groups is 1. The summed E-state index contributed by atoms with van der Waals surface area (Å²) < 4.78 is 32.7. The molecule has 4 rings (SSSR count).